The second-order valence-corrected chi connectivity index (χ2v) is 4.12. The minimum Gasteiger partial charge on any atom is -0.325 e. The van der Waals surface area contributed by atoms with E-state index in [1.165, 1.54) is 0 Å². The Hall–Kier alpha value is -3.11. The number of hydrogen-bond acceptors (Lipinski definition) is 3. The molecule has 20 heavy (non-hydrogen) atoms. The standard InChI is InChI=1S/C16H11N3O/c17-9-8-16(20)19-15-7-2-1-6-14(15)13-5-3-4-12(10-13)11-18/h1-7,10H,8H2,(H,19,20). The smallest absolute Gasteiger partial charge is 0.238 e. The van der Waals surface area contributed by atoms with Gasteiger partial charge in [-0.25, -0.2) is 0 Å². The highest BCUT2D eigenvalue weighted by atomic mass is 16.1. The first-order valence-corrected chi connectivity index (χ1v) is 6.01. The van der Waals surface area contributed by atoms with E-state index in [0.29, 0.717) is 11.3 Å². The Morgan fingerprint density at radius 2 is 1.90 bits per heavy atom. The number of amides is 1. The quantitative estimate of drug-likeness (QED) is 0.922. The molecule has 4 nitrogen and oxygen atoms in total. The Bertz CT molecular complexity index is 723. The third kappa shape index (κ3) is 3.01. The van der Waals surface area contributed by atoms with Gasteiger partial charge in [0.25, 0.3) is 0 Å². The van der Waals surface area contributed by atoms with Gasteiger partial charge >= 0.3 is 0 Å². The molecule has 0 saturated carbocycles. The molecule has 0 fully saturated rings. The van der Waals surface area contributed by atoms with Crippen molar-refractivity contribution >= 4 is 11.6 Å². The van der Waals surface area contributed by atoms with Gasteiger partial charge in [-0.1, -0.05) is 30.3 Å². The maximum Gasteiger partial charge on any atom is 0.238 e. The summed E-state index contributed by atoms with van der Waals surface area (Å²) in [5, 5.41) is 20.2. The van der Waals surface area contributed by atoms with Crippen LogP contribution < -0.4 is 5.32 Å². The molecule has 0 heterocycles. The Balaban J connectivity index is 2.39. The number of carbonyl (C=O) groups excluding carboxylic acids is 1. The molecule has 96 valence electrons. The summed E-state index contributed by atoms with van der Waals surface area (Å²) >= 11 is 0. The number of anilines is 1. The molecule has 0 unspecified atom stereocenters. The van der Waals surface area contributed by atoms with Gasteiger partial charge in [-0.15, -0.1) is 0 Å². The van der Waals surface area contributed by atoms with Crippen molar-refractivity contribution in [3.05, 3.63) is 54.1 Å². The summed E-state index contributed by atoms with van der Waals surface area (Å²) in [6.07, 6.45) is -0.188. The van der Waals surface area contributed by atoms with Crippen LogP contribution in [-0.4, -0.2) is 5.91 Å². The molecule has 0 atom stereocenters. The van der Waals surface area contributed by atoms with Gasteiger partial charge in [0.2, 0.25) is 5.91 Å². The van der Waals surface area contributed by atoms with E-state index in [9.17, 15) is 4.79 Å². The van der Waals surface area contributed by atoms with Gasteiger partial charge in [-0.2, -0.15) is 10.5 Å². The Morgan fingerprint density at radius 3 is 2.65 bits per heavy atom. The number of carbonyl (C=O) groups is 1. The van der Waals surface area contributed by atoms with Crippen LogP contribution in [0, 0.1) is 22.7 Å². The van der Waals surface area contributed by atoms with Crippen molar-refractivity contribution in [1.82, 2.24) is 0 Å². The van der Waals surface area contributed by atoms with Crippen LogP contribution in [-0.2, 0) is 4.79 Å². The van der Waals surface area contributed by atoms with Gasteiger partial charge in [0, 0.05) is 11.3 Å². The monoisotopic (exact) mass is 261 g/mol. The number of nitrogens with one attached hydrogen (secondary N) is 1. The van der Waals surface area contributed by atoms with E-state index < -0.39 is 0 Å². The van der Waals surface area contributed by atoms with Gasteiger partial charge in [0.1, 0.15) is 6.42 Å². The number of rotatable bonds is 3. The average Bonchev–Trinajstić information content (AvgIpc) is 2.48. The van der Waals surface area contributed by atoms with Crippen molar-refractivity contribution in [2.24, 2.45) is 0 Å². The lowest BCUT2D eigenvalue weighted by Gasteiger charge is -2.10. The van der Waals surface area contributed by atoms with Crippen LogP contribution in [0.4, 0.5) is 5.69 Å². The molecule has 0 bridgehead atoms. The molecule has 0 aliphatic heterocycles. The topological polar surface area (TPSA) is 76.7 Å². The summed E-state index contributed by atoms with van der Waals surface area (Å²) in [6.45, 7) is 0. The average molecular weight is 261 g/mol. The summed E-state index contributed by atoms with van der Waals surface area (Å²) in [5.74, 6) is -0.351. The second kappa shape index (κ2) is 6.17. The number of benzene rings is 2. The fraction of sp³-hybridized carbons (Fsp3) is 0.0625. The highest BCUT2D eigenvalue weighted by Gasteiger charge is 2.08. The highest BCUT2D eigenvalue weighted by molar-refractivity contribution is 5.96. The molecule has 0 radical (unpaired) electrons. The number of hydrogen-bond donors (Lipinski definition) is 1. The van der Waals surface area contributed by atoms with Crippen LogP contribution in [0.2, 0.25) is 0 Å². The van der Waals surface area contributed by atoms with E-state index in [1.54, 1.807) is 30.3 Å². The fourth-order valence-electron chi connectivity index (χ4n) is 1.87. The first kappa shape index (κ1) is 13.3. The fourth-order valence-corrected chi connectivity index (χ4v) is 1.87. The molecule has 2 rings (SSSR count). The Morgan fingerprint density at radius 1 is 1.10 bits per heavy atom. The van der Waals surface area contributed by atoms with Crippen LogP contribution in [0.25, 0.3) is 11.1 Å². The van der Waals surface area contributed by atoms with Gasteiger partial charge in [-0.3, -0.25) is 4.79 Å². The maximum atomic E-state index is 11.5. The zero-order valence-electron chi connectivity index (χ0n) is 10.6. The molecular formula is C16H11N3O. The predicted molar refractivity (Wildman–Crippen MR) is 75.5 cm³/mol. The van der Waals surface area contributed by atoms with Crippen molar-refractivity contribution in [2.75, 3.05) is 5.32 Å². The summed E-state index contributed by atoms with van der Waals surface area (Å²) in [5.41, 5.74) is 2.84. The summed E-state index contributed by atoms with van der Waals surface area (Å²) in [7, 11) is 0. The predicted octanol–water partition coefficient (Wildman–Crippen LogP) is 3.08. The lowest BCUT2D eigenvalue weighted by Crippen LogP contribution is -2.10. The summed E-state index contributed by atoms with van der Waals surface area (Å²) in [6, 6.07) is 18.3. The van der Waals surface area contributed by atoms with Crippen LogP contribution in [0.5, 0.6) is 0 Å². The van der Waals surface area contributed by atoms with Crippen molar-refractivity contribution < 1.29 is 4.79 Å². The molecule has 0 saturated heterocycles. The van der Waals surface area contributed by atoms with E-state index in [-0.39, 0.29) is 12.3 Å². The number of nitrogens with zero attached hydrogens (tertiary/aromatic N) is 2. The molecule has 0 aliphatic carbocycles. The van der Waals surface area contributed by atoms with E-state index in [0.717, 1.165) is 11.1 Å². The zero-order chi connectivity index (χ0) is 14.4. The molecule has 2 aromatic rings. The molecule has 0 aromatic heterocycles. The van der Waals surface area contributed by atoms with Crippen molar-refractivity contribution in [3.63, 3.8) is 0 Å². The van der Waals surface area contributed by atoms with Crippen LogP contribution >= 0.6 is 0 Å². The lowest BCUT2D eigenvalue weighted by atomic mass is 10.0. The van der Waals surface area contributed by atoms with Gasteiger partial charge in [0.15, 0.2) is 0 Å². The minimum absolute atomic E-state index is 0.188. The van der Waals surface area contributed by atoms with E-state index >= 15 is 0 Å². The van der Waals surface area contributed by atoms with Crippen LogP contribution in [0.1, 0.15) is 12.0 Å². The number of nitriles is 2. The maximum absolute atomic E-state index is 11.5. The van der Waals surface area contributed by atoms with Crippen LogP contribution in [0.15, 0.2) is 48.5 Å². The van der Waals surface area contributed by atoms with E-state index in [2.05, 4.69) is 11.4 Å². The minimum atomic E-state index is -0.351. The third-order valence-corrected chi connectivity index (χ3v) is 2.74. The van der Waals surface area contributed by atoms with E-state index in [4.69, 9.17) is 10.5 Å². The summed E-state index contributed by atoms with van der Waals surface area (Å²) < 4.78 is 0. The van der Waals surface area contributed by atoms with Gasteiger partial charge in [0.05, 0.1) is 17.7 Å². The molecule has 0 aliphatic rings. The van der Waals surface area contributed by atoms with E-state index in [1.807, 2.05) is 24.3 Å². The molecule has 2 aromatic carbocycles. The Kier molecular flexibility index (Phi) is 4.11. The Labute approximate surface area is 116 Å². The molecule has 1 N–H and O–H groups in total. The molecule has 0 spiro atoms. The van der Waals surface area contributed by atoms with Gasteiger partial charge in [-0.05, 0) is 23.8 Å². The largest absolute Gasteiger partial charge is 0.325 e. The first-order valence-electron chi connectivity index (χ1n) is 6.01. The second-order valence-electron chi connectivity index (χ2n) is 4.12. The van der Waals surface area contributed by atoms with Crippen molar-refractivity contribution in [1.29, 1.82) is 10.5 Å². The van der Waals surface area contributed by atoms with Crippen molar-refractivity contribution in [3.8, 4) is 23.3 Å². The van der Waals surface area contributed by atoms with Gasteiger partial charge < -0.3 is 5.32 Å². The molecular weight excluding hydrogens is 250 g/mol. The molecule has 1 amide bonds. The summed E-state index contributed by atoms with van der Waals surface area (Å²) in [4.78, 5) is 11.5. The first-order chi connectivity index (χ1) is 9.74. The SMILES string of the molecule is N#CCC(=O)Nc1ccccc1-c1cccc(C#N)c1. The zero-order valence-corrected chi connectivity index (χ0v) is 10.6. The highest BCUT2D eigenvalue weighted by Crippen LogP contribution is 2.28. The molecule has 4 heteroatoms. The lowest BCUT2D eigenvalue weighted by molar-refractivity contribution is -0.115. The number of para-hydroxylation sites is 1. The van der Waals surface area contributed by atoms with Crippen LogP contribution in [0.3, 0.4) is 0 Å². The normalized spacial score (nSPS) is 9.30. The van der Waals surface area contributed by atoms with Crippen molar-refractivity contribution in [2.45, 2.75) is 6.42 Å². The third-order valence-electron chi connectivity index (χ3n) is 2.74.